The number of nitrogens with zero attached hydrogens (tertiary/aromatic N) is 1. The Morgan fingerprint density at radius 3 is 2.40 bits per heavy atom. The van der Waals surface area contributed by atoms with Crippen LogP contribution in [0.25, 0.3) is 6.08 Å². The van der Waals surface area contributed by atoms with E-state index in [1.807, 2.05) is 24.3 Å². The number of amidine groups is 1. The summed E-state index contributed by atoms with van der Waals surface area (Å²) in [5.41, 5.74) is 3.79. The average molecular weight is 418 g/mol. The van der Waals surface area contributed by atoms with Gasteiger partial charge in [-0.1, -0.05) is 42.0 Å². The molecule has 1 amide bonds. The van der Waals surface area contributed by atoms with Crippen molar-refractivity contribution in [2.45, 2.75) is 13.5 Å². The largest absolute Gasteiger partial charge is 0.489 e. The third kappa shape index (κ3) is 5.15. The van der Waals surface area contributed by atoms with Crippen LogP contribution in [-0.4, -0.2) is 11.1 Å². The number of hydrogen-bond acceptors (Lipinski definition) is 4. The molecule has 6 heteroatoms. The minimum atomic E-state index is -0.325. The lowest BCUT2D eigenvalue weighted by molar-refractivity contribution is -0.115. The van der Waals surface area contributed by atoms with E-state index < -0.39 is 0 Å². The Hall–Kier alpha value is -3.38. The van der Waals surface area contributed by atoms with E-state index in [1.54, 1.807) is 18.2 Å². The molecule has 3 aromatic rings. The number of thioether (sulfide) groups is 1. The first-order valence-electron chi connectivity index (χ1n) is 9.39. The van der Waals surface area contributed by atoms with Gasteiger partial charge >= 0.3 is 0 Å². The van der Waals surface area contributed by atoms with Crippen LogP contribution in [0, 0.1) is 12.7 Å². The van der Waals surface area contributed by atoms with Crippen LogP contribution in [-0.2, 0) is 11.4 Å². The Labute approximate surface area is 178 Å². The summed E-state index contributed by atoms with van der Waals surface area (Å²) in [6.07, 6.45) is 1.80. The molecule has 150 valence electrons. The third-order valence-electron chi connectivity index (χ3n) is 4.41. The van der Waals surface area contributed by atoms with Crippen molar-refractivity contribution in [3.63, 3.8) is 0 Å². The zero-order valence-corrected chi connectivity index (χ0v) is 17.1. The molecular weight excluding hydrogens is 399 g/mol. The van der Waals surface area contributed by atoms with E-state index in [0.29, 0.717) is 22.4 Å². The Kier molecular flexibility index (Phi) is 5.95. The van der Waals surface area contributed by atoms with Gasteiger partial charge in [0.25, 0.3) is 5.91 Å². The zero-order valence-electron chi connectivity index (χ0n) is 16.3. The molecule has 1 saturated heterocycles. The minimum Gasteiger partial charge on any atom is -0.489 e. The highest BCUT2D eigenvalue weighted by atomic mass is 32.2. The summed E-state index contributed by atoms with van der Waals surface area (Å²) in [4.78, 5) is 17.1. The molecule has 1 aliphatic heterocycles. The number of carbonyl (C=O) groups excluding carboxylic acids is 1. The van der Waals surface area contributed by atoms with Crippen molar-refractivity contribution in [2.75, 3.05) is 0 Å². The highest BCUT2D eigenvalue weighted by molar-refractivity contribution is 8.18. The molecule has 0 unspecified atom stereocenters. The monoisotopic (exact) mass is 418 g/mol. The van der Waals surface area contributed by atoms with Crippen LogP contribution in [0.15, 0.2) is 82.7 Å². The number of nitrogens with one attached hydrogen (secondary N) is 1. The van der Waals surface area contributed by atoms with Crippen molar-refractivity contribution in [3.8, 4) is 5.75 Å². The van der Waals surface area contributed by atoms with Crippen LogP contribution >= 0.6 is 11.8 Å². The number of aryl methyl sites for hydroxylation is 1. The van der Waals surface area contributed by atoms with Gasteiger partial charge in [-0.15, -0.1) is 0 Å². The molecule has 3 aromatic carbocycles. The molecule has 1 N–H and O–H groups in total. The van der Waals surface area contributed by atoms with Gasteiger partial charge in [-0.2, -0.15) is 0 Å². The number of carbonyl (C=O) groups is 1. The van der Waals surface area contributed by atoms with Crippen molar-refractivity contribution >= 4 is 34.6 Å². The topological polar surface area (TPSA) is 50.7 Å². The Bertz CT molecular complexity index is 1110. The van der Waals surface area contributed by atoms with E-state index >= 15 is 0 Å². The molecule has 1 heterocycles. The molecule has 0 aliphatic carbocycles. The van der Waals surface area contributed by atoms with Crippen LogP contribution < -0.4 is 10.1 Å². The lowest BCUT2D eigenvalue weighted by Crippen LogP contribution is -2.19. The lowest BCUT2D eigenvalue weighted by Gasteiger charge is -2.07. The second kappa shape index (κ2) is 8.97. The second-order valence-electron chi connectivity index (χ2n) is 6.80. The first-order valence-corrected chi connectivity index (χ1v) is 10.2. The quantitative estimate of drug-likeness (QED) is 0.549. The predicted molar refractivity (Wildman–Crippen MR) is 119 cm³/mol. The third-order valence-corrected chi connectivity index (χ3v) is 5.32. The fourth-order valence-corrected chi connectivity index (χ4v) is 3.62. The van der Waals surface area contributed by atoms with E-state index in [2.05, 4.69) is 41.5 Å². The van der Waals surface area contributed by atoms with E-state index in [4.69, 9.17) is 4.74 Å². The van der Waals surface area contributed by atoms with Crippen LogP contribution in [0.5, 0.6) is 5.75 Å². The van der Waals surface area contributed by atoms with E-state index in [9.17, 15) is 9.18 Å². The van der Waals surface area contributed by atoms with E-state index in [1.165, 1.54) is 29.5 Å². The summed E-state index contributed by atoms with van der Waals surface area (Å²) in [5, 5.41) is 3.20. The van der Waals surface area contributed by atoms with Gasteiger partial charge < -0.3 is 10.1 Å². The van der Waals surface area contributed by atoms with Gasteiger partial charge in [0.15, 0.2) is 5.17 Å². The van der Waals surface area contributed by atoms with E-state index in [-0.39, 0.29) is 11.7 Å². The van der Waals surface area contributed by atoms with Gasteiger partial charge in [-0.05, 0) is 72.3 Å². The number of hydrogen-bond donors (Lipinski definition) is 1. The van der Waals surface area contributed by atoms with Crippen molar-refractivity contribution in [1.29, 1.82) is 0 Å². The highest BCUT2D eigenvalue weighted by Crippen LogP contribution is 2.28. The molecule has 4 rings (SSSR count). The lowest BCUT2D eigenvalue weighted by atomic mass is 10.1. The Balaban J connectivity index is 1.39. The molecule has 0 bridgehead atoms. The molecule has 0 spiro atoms. The Morgan fingerprint density at radius 2 is 1.70 bits per heavy atom. The van der Waals surface area contributed by atoms with Crippen molar-refractivity contribution < 1.29 is 13.9 Å². The van der Waals surface area contributed by atoms with Gasteiger partial charge in [0.05, 0.1) is 10.6 Å². The predicted octanol–water partition coefficient (Wildman–Crippen LogP) is 5.60. The summed E-state index contributed by atoms with van der Waals surface area (Å²) >= 11 is 1.25. The first-order chi connectivity index (χ1) is 14.5. The number of benzene rings is 3. The maximum Gasteiger partial charge on any atom is 0.264 e. The average Bonchev–Trinajstić information content (AvgIpc) is 3.09. The maximum atomic E-state index is 13.0. The zero-order chi connectivity index (χ0) is 20.9. The molecular formula is C24H19FN2O2S. The molecule has 4 nitrogen and oxygen atoms in total. The number of amides is 1. The van der Waals surface area contributed by atoms with Gasteiger partial charge in [0, 0.05) is 0 Å². The summed E-state index contributed by atoms with van der Waals surface area (Å²) in [6, 6.07) is 21.6. The van der Waals surface area contributed by atoms with Crippen LogP contribution in [0.1, 0.15) is 16.7 Å². The normalized spacial score (nSPS) is 16.1. The maximum absolute atomic E-state index is 13.0. The van der Waals surface area contributed by atoms with Gasteiger partial charge in [-0.25, -0.2) is 9.38 Å². The molecule has 0 saturated carbocycles. The van der Waals surface area contributed by atoms with Crippen molar-refractivity contribution in [2.24, 2.45) is 4.99 Å². The standard InChI is InChI=1S/C24H19FN2O2S/c1-16-2-4-18(5-3-16)15-29-21-12-6-17(7-13-21)14-22-23(28)27-24(30-22)26-20-10-8-19(25)9-11-20/h2-14H,15H2,1H3,(H,26,27,28). The fourth-order valence-electron chi connectivity index (χ4n) is 2.78. The second-order valence-corrected chi connectivity index (χ2v) is 7.83. The molecule has 30 heavy (non-hydrogen) atoms. The summed E-state index contributed by atoms with van der Waals surface area (Å²) in [7, 11) is 0. The van der Waals surface area contributed by atoms with E-state index in [0.717, 1.165) is 16.9 Å². The summed E-state index contributed by atoms with van der Waals surface area (Å²) in [6.45, 7) is 2.56. The molecule has 0 radical (unpaired) electrons. The Morgan fingerprint density at radius 1 is 1.00 bits per heavy atom. The van der Waals surface area contributed by atoms with Crippen LogP contribution in [0.2, 0.25) is 0 Å². The van der Waals surface area contributed by atoms with Crippen molar-refractivity contribution in [3.05, 3.63) is 100 Å². The van der Waals surface area contributed by atoms with Crippen molar-refractivity contribution in [1.82, 2.24) is 5.32 Å². The number of aliphatic imine (C=N–C) groups is 1. The SMILES string of the molecule is Cc1ccc(COc2ccc(C=C3SC(=Nc4ccc(F)cc4)NC3=O)cc2)cc1. The molecule has 1 aliphatic rings. The fraction of sp³-hybridized carbons (Fsp3) is 0.0833. The van der Waals surface area contributed by atoms with Crippen LogP contribution in [0.4, 0.5) is 10.1 Å². The van der Waals surface area contributed by atoms with Gasteiger partial charge in [-0.3, -0.25) is 4.79 Å². The molecule has 0 aromatic heterocycles. The van der Waals surface area contributed by atoms with Crippen LogP contribution in [0.3, 0.4) is 0 Å². The highest BCUT2D eigenvalue weighted by Gasteiger charge is 2.23. The number of halogens is 1. The summed E-state index contributed by atoms with van der Waals surface area (Å²) in [5.74, 6) is 0.231. The van der Waals surface area contributed by atoms with Gasteiger partial charge in [0.2, 0.25) is 0 Å². The summed E-state index contributed by atoms with van der Waals surface area (Å²) < 4.78 is 18.8. The number of rotatable bonds is 5. The molecule has 1 fully saturated rings. The minimum absolute atomic E-state index is 0.208. The smallest absolute Gasteiger partial charge is 0.264 e. The number of ether oxygens (including phenoxy) is 1. The molecule has 0 atom stereocenters. The first kappa shape index (κ1) is 19.9. The van der Waals surface area contributed by atoms with Gasteiger partial charge in [0.1, 0.15) is 18.2 Å².